The Kier molecular flexibility index (Phi) is 3.82. The SMILES string of the molecule is CCC(Cc1nc2ccccc2c(=O)[nH]1)c1ccccc1. The highest BCUT2D eigenvalue weighted by atomic mass is 16.1. The molecule has 1 heterocycles. The fourth-order valence-electron chi connectivity index (χ4n) is 2.69. The van der Waals surface area contributed by atoms with Gasteiger partial charge in [0.1, 0.15) is 5.82 Å². The van der Waals surface area contributed by atoms with E-state index in [0.717, 1.165) is 24.2 Å². The highest BCUT2D eigenvalue weighted by molar-refractivity contribution is 5.77. The maximum absolute atomic E-state index is 12.1. The van der Waals surface area contributed by atoms with Crippen LogP contribution in [0.2, 0.25) is 0 Å². The second kappa shape index (κ2) is 5.92. The lowest BCUT2D eigenvalue weighted by Gasteiger charge is -2.14. The van der Waals surface area contributed by atoms with Crippen molar-refractivity contribution >= 4 is 10.9 Å². The molecule has 0 spiro atoms. The third kappa shape index (κ3) is 2.87. The van der Waals surface area contributed by atoms with E-state index in [1.807, 2.05) is 24.3 Å². The number of para-hydroxylation sites is 1. The smallest absolute Gasteiger partial charge is 0.258 e. The minimum atomic E-state index is -0.0569. The summed E-state index contributed by atoms with van der Waals surface area (Å²) < 4.78 is 0. The molecular weight excluding hydrogens is 260 g/mol. The van der Waals surface area contributed by atoms with Gasteiger partial charge >= 0.3 is 0 Å². The number of H-pyrrole nitrogens is 1. The minimum absolute atomic E-state index is 0.0569. The molecule has 0 radical (unpaired) electrons. The first-order chi connectivity index (χ1) is 10.3. The predicted molar refractivity (Wildman–Crippen MR) is 85.5 cm³/mol. The van der Waals surface area contributed by atoms with Gasteiger partial charge in [-0.05, 0) is 30.0 Å². The number of nitrogens with one attached hydrogen (secondary N) is 1. The summed E-state index contributed by atoms with van der Waals surface area (Å²) in [7, 11) is 0. The molecule has 0 aliphatic rings. The van der Waals surface area contributed by atoms with Crippen LogP contribution < -0.4 is 5.56 Å². The van der Waals surface area contributed by atoms with Gasteiger partial charge in [-0.15, -0.1) is 0 Å². The molecule has 0 saturated heterocycles. The van der Waals surface area contributed by atoms with Crippen molar-refractivity contribution in [1.29, 1.82) is 0 Å². The molecule has 3 nitrogen and oxygen atoms in total. The number of aromatic amines is 1. The fourth-order valence-corrected chi connectivity index (χ4v) is 2.69. The van der Waals surface area contributed by atoms with Crippen molar-refractivity contribution in [1.82, 2.24) is 9.97 Å². The first-order valence-corrected chi connectivity index (χ1v) is 7.31. The second-order valence-electron chi connectivity index (χ2n) is 5.25. The lowest BCUT2D eigenvalue weighted by molar-refractivity contribution is 0.637. The van der Waals surface area contributed by atoms with E-state index < -0.39 is 0 Å². The molecule has 3 heteroatoms. The molecule has 106 valence electrons. The van der Waals surface area contributed by atoms with Crippen molar-refractivity contribution in [2.24, 2.45) is 0 Å². The van der Waals surface area contributed by atoms with Gasteiger partial charge in [0.2, 0.25) is 0 Å². The Bertz CT molecular complexity index is 793. The summed E-state index contributed by atoms with van der Waals surface area (Å²) >= 11 is 0. The Morgan fingerprint density at radius 3 is 2.52 bits per heavy atom. The zero-order chi connectivity index (χ0) is 14.7. The Balaban J connectivity index is 1.95. The first-order valence-electron chi connectivity index (χ1n) is 7.31. The number of fused-ring (bicyclic) bond motifs is 1. The maximum atomic E-state index is 12.1. The average Bonchev–Trinajstić information content (AvgIpc) is 2.53. The lowest BCUT2D eigenvalue weighted by atomic mass is 9.93. The topological polar surface area (TPSA) is 45.8 Å². The quantitative estimate of drug-likeness (QED) is 0.791. The Hall–Kier alpha value is -2.42. The summed E-state index contributed by atoms with van der Waals surface area (Å²) in [5.74, 6) is 1.13. The summed E-state index contributed by atoms with van der Waals surface area (Å²) in [6.07, 6.45) is 1.77. The largest absolute Gasteiger partial charge is 0.310 e. The van der Waals surface area contributed by atoms with Gasteiger partial charge in [-0.3, -0.25) is 4.79 Å². The molecular formula is C18H18N2O. The normalized spacial score (nSPS) is 12.4. The van der Waals surface area contributed by atoms with Crippen LogP contribution in [0.3, 0.4) is 0 Å². The molecule has 0 saturated carbocycles. The van der Waals surface area contributed by atoms with Gasteiger partial charge in [0, 0.05) is 6.42 Å². The molecule has 0 amide bonds. The number of hydrogen-bond donors (Lipinski definition) is 1. The second-order valence-corrected chi connectivity index (χ2v) is 5.25. The van der Waals surface area contributed by atoms with Crippen LogP contribution in [0.15, 0.2) is 59.4 Å². The summed E-state index contributed by atoms with van der Waals surface area (Å²) in [6.45, 7) is 2.16. The standard InChI is InChI=1S/C18H18N2O/c1-2-13(14-8-4-3-5-9-14)12-17-19-16-11-7-6-10-15(16)18(21)20-17/h3-11,13H,2,12H2,1H3,(H,19,20,21). The van der Waals surface area contributed by atoms with Gasteiger partial charge in [-0.1, -0.05) is 49.4 Å². The van der Waals surface area contributed by atoms with Crippen LogP contribution in [0.1, 0.15) is 30.7 Å². The molecule has 0 fully saturated rings. The Morgan fingerprint density at radius 2 is 1.76 bits per heavy atom. The number of aromatic nitrogens is 2. The van der Waals surface area contributed by atoms with E-state index >= 15 is 0 Å². The van der Waals surface area contributed by atoms with Gasteiger partial charge < -0.3 is 4.98 Å². The van der Waals surface area contributed by atoms with E-state index in [9.17, 15) is 4.79 Å². The van der Waals surface area contributed by atoms with E-state index in [2.05, 4.69) is 41.2 Å². The highest BCUT2D eigenvalue weighted by Gasteiger charge is 2.12. The van der Waals surface area contributed by atoms with Crippen molar-refractivity contribution in [3.63, 3.8) is 0 Å². The zero-order valence-corrected chi connectivity index (χ0v) is 12.0. The first kappa shape index (κ1) is 13.6. The van der Waals surface area contributed by atoms with Gasteiger partial charge in [0.15, 0.2) is 0 Å². The number of hydrogen-bond acceptors (Lipinski definition) is 2. The summed E-state index contributed by atoms with van der Waals surface area (Å²) in [4.78, 5) is 19.6. The van der Waals surface area contributed by atoms with Crippen molar-refractivity contribution in [2.45, 2.75) is 25.7 Å². The third-order valence-corrected chi connectivity index (χ3v) is 3.87. The maximum Gasteiger partial charge on any atom is 0.258 e. The lowest BCUT2D eigenvalue weighted by Crippen LogP contribution is -2.14. The molecule has 2 aromatic carbocycles. The highest BCUT2D eigenvalue weighted by Crippen LogP contribution is 2.22. The van der Waals surface area contributed by atoms with E-state index in [1.165, 1.54) is 5.56 Å². The molecule has 1 N–H and O–H groups in total. The molecule has 1 aromatic heterocycles. The van der Waals surface area contributed by atoms with Crippen LogP contribution in [0.4, 0.5) is 0 Å². The third-order valence-electron chi connectivity index (χ3n) is 3.87. The van der Waals surface area contributed by atoms with Crippen molar-refractivity contribution < 1.29 is 0 Å². The van der Waals surface area contributed by atoms with Gasteiger partial charge in [-0.2, -0.15) is 0 Å². The van der Waals surface area contributed by atoms with E-state index in [4.69, 9.17) is 0 Å². The van der Waals surface area contributed by atoms with Crippen molar-refractivity contribution in [3.05, 3.63) is 76.3 Å². The summed E-state index contributed by atoms with van der Waals surface area (Å²) in [5, 5.41) is 0.647. The van der Waals surface area contributed by atoms with Gasteiger partial charge in [0.25, 0.3) is 5.56 Å². The van der Waals surface area contributed by atoms with E-state index in [-0.39, 0.29) is 5.56 Å². The van der Waals surface area contributed by atoms with Crippen LogP contribution in [0.5, 0.6) is 0 Å². The predicted octanol–water partition coefficient (Wildman–Crippen LogP) is 3.66. The van der Waals surface area contributed by atoms with Crippen molar-refractivity contribution in [3.8, 4) is 0 Å². The number of nitrogens with zero attached hydrogens (tertiary/aromatic N) is 1. The van der Waals surface area contributed by atoms with Gasteiger partial charge in [0.05, 0.1) is 10.9 Å². The minimum Gasteiger partial charge on any atom is -0.310 e. The molecule has 0 aliphatic heterocycles. The summed E-state index contributed by atoms with van der Waals surface area (Å²) in [6, 6.07) is 17.8. The average molecular weight is 278 g/mol. The molecule has 1 unspecified atom stereocenters. The van der Waals surface area contributed by atoms with Crippen LogP contribution in [-0.4, -0.2) is 9.97 Å². The monoisotopic (exact) mass is 278 g/mol. The van der Waals surface area contributed by atoms with Crippen LogP contribution in [0, 0.1) is 0 Å². The summed E-state index contributed by atoms with van der Waals surface area (Å²) in [5.41, 5.74) is 1.99. The molecule has 0 aliphatic carbocycles. The number of benzene rings is 2. The fraction of sp³-hybridized carbons (Fsp3) is 0.222. The molecule has 3 rings (SSSR count). The van der Waals surface area contributed by atoms with Gasteiger partial charge in [-0.25, -0.2) is 4.98 Å². The van der Waals surface area contributed by atoms with Crippen LogP contribution in [0.25, 0.3) is 10.9 Å². The van der Waals surface area contributed by atoms with Crippen LogP contribution >= 0.6 is 0 Å². The van der Waals surface area contributed by atoms with Crippen LogP contribution in [-0.2, 0) is 6.42 Å². The molecule has 1 atom stereocenters. The number of rotatable bonds is 4. The molecule has 0 bridgehead atoms. The Morgan fingerprint density at radius 1 is 1.05 bits per heavy atom. The Labute approximate surface area is 123 Å². The van der Waals surface area contributed by atoms with E-state index in [1.54, 1.807) is 6.07 Å². The molecule has 21 heavy (non-hydrogen) atoms. The van der Waals surface area contributed by atoms with Crippen molar-refractivity contribution in [2.75, 3.05) is 0 Å². The zero-order valence-electron chi connectivity index (χ0n) is 12.0. The van der Waals surface area contributed by atoms with E-state index in [0.29, 0.717) is 11.3 Å². The molecule has 3 aromatic rings.